The van der Waals surface area contributed by atoms with Crippen LogP contribution in [0.25, 0.3) is 0 Å². The average Bonchev–Trinajstić information content (AvgIpc) is 2.53. The van der Waals surface area contributed by atoms with Crippen LogP contribution in [-0.4, -0.2) is 51.0 Å². The Kier molecular flexibility index (Phi) is 7.39. The lowest BCUT2D eigenvalue weighted by Crippen LogP contribution is -2.37. The summed E-state index contributed by atoms with van der Waals surface area (Å²) in [6, 6.07) is 7.93. The van der Waals surface area contributed by atoms with Gasteiger partial charge in [-0.1, -0.05) is 19.4 Å². The third-order valence-corrected chi connectivity index (χ3v) is 3.56. The zero-order chi connectivity index (χ0) is 14.8. The predicted molar refractivity (Wildman–Crippen MR) is 84.2 cm³/mol. The van der Waals surface area contributed by atoms with Crippen molar-refractivity contribution in [2.45, 2.75) is 26.2 Å². The Morgan fingerprint density at radius 2 is 1.71 bits per heavy atom. The Balaban J connectivity index is 1.64. The van der Waals surface area contributed by atoms with Crippen molar-refractivity contribution in [2.24, 2.45) is 0 Å². The number of rotatable bonds is 9. The molecule has 0 N–H and O–H groups in total. The molecule has 0 saturated carbocycles. The molecule has 1 heterocycles. The van der Waals surface area contributed by atoms with Crippen molar-refractivity contribution in [2.75, 3.05) is 46.1 Å². The second kappa shape index (κ2) is 9.64. The largest absolute Gasteiger partial charge is 0.493 e. The quantitative estimate of drug-likeness (QED) is 0.655. The molecule has 0 aromatic heterocycles. The third kappa shape index (κ3) is 6.36. The van der Waals surface area contributed by atoms with Gasteiger partial charge in [-0.15, -0.1) is 0 Å². The van der Waals surface area contributed by atoms with E-state index in [4.69, 9.17) is 14.2 Å². The highest BCUT2D eigenvalue weighted by Crippen LogP contribution is 2.19. The fourth-order valence-corrected chi connectivity index (χ4v) is 2.29. The molecule has 4 nitrogen and oxygen atoms in total. The summed E-state index contributed by atoms with van der Waals surface area (Å²) in [5.74, 6) is 1.79. The molecule has 0 atom stereocenters. The zero-order valence-corrected chi connectivity index (χ0v) is 13.1. The van der Waals surface area contributed by atoms with E-state index in [0.29, 0.717) is 0 Å². The summed E-state index contributed by atoms with van der Waals surface area (Å²) in [7, 11) is 0. The number of nitrogens with zero attached hydrogens (tertiary/aromatic N) is 1. The van der Waals surface area contributed by atoms with E-state index < -0.39 is 0 Å². The molecule has 1 aliphatic rings. The predicted octanol–water partition coefficient (Wildman–Crippen LogP) is 2.97. The standard InChI is InChI=1S/C17H27NO3/c1-2-3-11-20-16-6-4-7-17(15-16)21-12-5-8-18-9-13-19-14-10-18/h4,6-7,15H,2-3,5,8-14H2,1H3. The Hall–Kier alpha value is -1.26. The van der Waals surface area contributed by atoms with Crippen molar-refractivity contribution < 1.29 is 14.2 Å². The van der Waals surface area contributed by atoms with E-state index in [9.17, 15) is 0 Å². The van der Waals surface area contributed by atoms with Crippen LogP contribution in [0.15, 0.2) is 24.3 Å². The minimum Gasteiger partial charge on any atom is -0.493 e. The minimum atomic E-state index is 0.746. The van der Waals surface area contributed by atoms with E-state index in [0.717, 1.165) is 76.8 Å². The van der Waals surface area contributed by atoms with Crippen LogP contribution in [0, 0.1) is 0 Å². The summed E-state index contributed by atoms with van der Waals surface area (Å²) in [5.41, 5.74) is 0. The zero-order valence-electron chi connectivity index (χ0n) is 13.1. The van der Waals surface area contributed by atoms with Gasteiger partial charge in [-0.2, -0.15) is 0 Å². The Morgan fingerprint density at radius 1 is 1.05 bits per heavy atom. The van der Waals surface area contributed by atoms with Gasteiger partial charge >= 0.3 is 0 Å². The molecular formula is C17H27NO3. The number of unbranched alkanes of at least 4 members (excludes halogenated alkanes) is 1. The van der Waals surface area contributed by atoms with Crippen molar-refractivity contribution in [3.63, 3.8) is 0 Å². The van der Waals surface area contributed by atoms with Gasteiger partial charge in [0.15, 0.2) is 0 Å². The molecule has 21 heavy (non-hydrogen) atoms. The smallest absolute Gasteiger partial charge is 0.122 e. The van der Waals surface area contributed by atoms with Crippen LogP contribution >= 0.6 is 0 Å². The molecule has 1 aliphatic heterocycles. The van der Waals surface area contributed by atoms with Crippen LogP contribution in [-0.2, 0) is 4.74 Å². The molecule has 0 bridgehead atoms. The van der Waals surface area contributed by atoms with Crippen molar-refractivity contribution in [1.29, 1.82) is 0 Å². The first-order valence-electron chi connectivity index (χ1n) is 8.04. The lowest BCUT2D eigenvalue weighted by Gasteiger charge is -2.26. The van der Waals surface area contributed by atoms with E-state index >= 15 is 0 Å². The summed E-state index contributed by atoms with van der Waals surface area (Å²) >= 11 is 0. The first-order valence-corrected chi connectivity index (χ1v) is 8.04. The van der Waals surface area contributed by atoms with E-state index in [2.05, 4.69) is 11.8 Å². The van der Waals surface area contributed by atoms with Gasteiger partial charge in [-0.3, -0.25) is 4.90 Å². The van der Waals surface area contributed by atoms with Gasteiger partial charge in [0.1, 0.15) is 11.5 Å². The molecule has 0 spiro atoms. The van der Waals surface area contributed by atoms with Crippen LogP contribution in [0.4, 0.5) is 0 Å². The SMILES string of the molecule is CCCCOc1cccc(OCCCN2CCOCC2)c1. The van der Waals surface area contributed by atoms with Crippen molar-refractivity contribution in [3.05, 3.63) is 24.3 Å². The van der Waals surface area contributed by atoms with E-state index in [-0.39, 0.29) is 0 Å². The molecular weight excluding hydrogens is 266 g/mol. The summed E-state index contributed by atoms with van der Waals surface area (Å²) in [6.45, 7) is 8.57. The van der Waals surface area contributed by atoms with Crippen LogP contribution < -0.4 is 9.47 Å². The average molecular weight is 293 g/mol. The highest BCUT2D eigenvalue weighted by molar-refractivity contribution is 5.32. The van der Waals surface area contributed by atoms with Gasteiger partial charge < -0.3 is 14.2 Å². The van der Waals surface area contributed by atoms with Gasteiger partial charge in [-0.05, 0) is 25.0 Å². The Bertz CT molecular complexity index is 391. The molecule has 1 saturated heterocycles. The number of hydrogen-bond acceptors (Lipinski definition) is 4. The molecule has 0 amide bonds. The summed E-state index contributed by atoms with van der Waals surface area (Å²) in [6.07, 6.45) is 3.28. The minimum absolute atomic E-state index is 0.746. The highest BCUT2D eigenvalue weighted by atomic mass is 16.5. The second-order valence-corrected chi connectivity index (χ2v) is 5.33. The third-order valence-electron chi connectivity index (χ3n) is 3.56. The van der Waals surface area contributed by atoms with Gasteiger partial charge in [-0.25, -0.2) is 0 Å². The van der Waals surface area contributed by atoms with Crippen LogP contribution in [0.1, 0.15) is 26.2 Å². The van der Waals surface area contributed by atoms with Gasteiger partial charge in [0.05, 0.1) is 26.4 Å². The normalized spacial score (nSPS) is 15.9. The molecule has 0 aliphatic carbocycles. The van der Waals surface area contributed by atoms with Gasteiger partial charge in [0, 0.05) is 25.7 Å². The van der Waals surface area contributed by atoms with Crippen molar-refractivity contribution in [3.8, 4) is 11.5 Å². The number of ether oxygens (including phenoxy) is 3. The van der Waals surface area contributed by atoms with Crippen LogP contribution in [0.2, 0.25) is 0 Å². The van der Waals surface area contributed by atoms with Gasteiger partial charge in [0.25, 0.3) is 0 Å². The fourth-order valence-electron chi connectivity index (χ4n) is 2.29. The van der Waals surface area contributed by atoms with Crippen molar-refractivity contribution >= 4 is 0 Å². The maximum Gasteiger partial charge on any atom is 0.122 e. The number of benzene rings is 1. The molecule has 0 unspecified atom stereocenters. The molecule has 0 radical (unpaired) electrons. The van der Waals surface area contributed by atoms with Crippen LogP contribution in [0.5, 0.6) is 11.5 Å². The maximum absolute atomic E-state index is 5.81. The monoisotopic (exact) mass is 293 g/mol. The maximum atomic E-state index is 5.81. The first kappa shape index (κ1) is 16.1. The Morgan fingerprint density at radius 3 is 2.38 bits per heavy atom. The summed E-state index contributed by atoms with van der Waals surface area (Å²) in [5, 5.41) is 0. The first-order chi connectivity index (χ1) is 10.4. The lowest BCUT2D eigenvalue weighted by atomic mass is 10.3. The number of morpholine rings is 1. The van der Waals surface area contributed by atoms with Crippen molar-refractivity contribution in [1.82, 2.24) is 4.90 Å². The molecule has 1 aromatic rings. The Labute approximate surface area is 128 Å². The molecule has 2 rings (SSSR count). The second-order valence-electron chi connectivity index (χ2n) is 5.33. The lowest BCUT2D eigenvalue weighted by molar-refractivity contribution is 0.0358. The van der Waals surface area contributed by atoms with Crippen LogP contribution in [0.3, 0.4) is 0 Å². The topological polar surface area (TPSA) is 30.9 Å². The van der Waals surface area contributed by atoms with E-state index in [1.165, 1.54) is 0 Å². The molecule has 118 valence electrons. The highest BCUT2D eigenvalue weighted by Gasteiger charge is 2.09. The number of hydrogen-bond donors (Lipinski definition) is 0. The molecule has 1 aromatic carbocycles. The summed E-state index contributed by atoms with van der Waals surface area (Å²) < 4.78 is 16.8. The fraction of sp³-hybridized carbons (Fsp3) is 0.647. The summed E-state index contributed by atoms with van der Waals surface area (Å²) in [4.78, 5) is 2.43. The van der Waals surface area contributed by atoms with Gasteiger partial charge in [0.2, 0.25) is 0 Å². The van der Waals surface area contributed by atoms with E-state index in [1.54, 1.807) is 0 Å². The molecule has 4 heteroatoms. The molecule has 1 fully saturated rings. The van der Waals surface area contributed by atoms with E-state index in [1.807, 2.05) is 24.3 Å².